The fourth-order valence-corrected chi connectivity index (χ4v) is 3.97. The molecule has 1 amide bonds. The summed E-state index contributed by atoms with van der Waals surface area (Å²) in [5.41, 5.74) is 3.12. The van der Waals surface area contributed by atoms with E-state index in [2.05, 4.69) is 15.4 Å². The number of rotatable bonds is 7. The van der Waals surface area contributed by atoms with Crippen molar-refractivity contribution in [2.24, 2.45) is 0 Å². The molecule has 1 aliphatic rings. The number of aromatic nitrogens is 3. The average molecular weight is 398 g/mol. The Bertz CT molecular complexity index is 933. The molecule has 0 saturated heterocycles. The lowest BCUT2D eigenvalue weighted by Crippen LogP contribution is -2.17. The van der Waals surface area contributed by atoms with Crippen LogP contribution in [0.25, 0.3) is 0 Å². The third-order valence-electron chi connectivity index (χ3n) is 4.87. The number of amides is 1. The number of nitrogens with zero attached hydrogens (tertiary/aromatic N) is 3. The van der Waals surface area contributed by atoms with Gasteiger partial charge in [-0.15, -0.1) is 11.3 Å². The maximum atomic E-state index is 12.7. The second kappa shape index (κ2) is 8.43. The molecule has 1 fully saturated rings. The standard InChI is InChI=1S/C20H22N4O3S/c1-26-18-10-14(6-7-17(18)27-11-15-12-28-13-21-15)20(25)23-19-8-9-22-24(19)16-4-2-3-5-16/h6-10,12-13,16H,2-5,11H2,1H3,(H,23,25). The van der Waals surface area contributed by atoms with Crippen LogP contribution in [0.2, 0.25) is 0 Å². The summed E-state index contributed by atoms with van der Waals surface area (Å²) in [6.07, 6.45) is 6.34. The Morgan fingerprint density at radius 1 is 1.29 bits per heavy atom. The molecule has 3 aromatic rings. The highest BCUT2D eigenvalue weighted by Crippen LogP contribution is 2.32. The van der Waals surface area contributed by atoms with Gasteiger partial charge in [-0.25, -0.2) is 9.67 Å². The van der Waals surface area contributed by atoms with Crippen molar-refractivity contribution in [2.45, 2.75) is 38.3 Å². The molecule has 146 valence electrons. The zero-order valence-corrected chi connectivity index (χ0v) is 16.4. The van der Waals surface area contributed by atoms with Gasteiger partial charge < -0.3 is 14.8 Å². The Balaban J connectivity index is 1.46. The molecule has 1 N–H and O–H groups in total. The number of nitrogens with one attached hydrogen (secondary N) is 1. The molecule has 8 heteroatoms. The summed E-state index contributed by atoms with van der Waals surface area (Å²) in [6.45, 7) is 0.353. The first-order valence-electron chi connectivity index (χ1n) is 9.27. The van der Waals surface area contributed by atoms with Crippen LogP contribution in [-0.4, -0.2) is 27.8 Å². The van der Waals surface area contributed by atoms with Crippen LogP contribution in [0.4, 0.5) is 5.82 Å². The molecule has 0 unspecified atom stereocenters. The second-order valence-corrected chi connectivity index (χ2v) is 7.41. The summed E-state index contributed by atoms with van der Waals surface area (Å²) >= 11 is 1.52. The van der Waals surface area contributed by atoms with Gasteiger partial charge in [-0.05, 0) is 31.0 Å². The molecule has 28 heavy (non-hydrogen) atoms. The van der Waals surface area contributed by atoms with E-state index >= 15 is 0 Å². The molecule has 0 bridgehead atoms. The smallest absolute Gasteiger partial charge is 0.256 e. The molecule has 0 aliphatic heterocycles. The van der Waals surface area contributed by atoms with Gasteiger partial charge in [0.15, 0.2) is 11.5 Å². The number of anilines is 1. The maximum Gasteiger partial charge on any atom is 0.256 e. The first-order valence-corrected chi connectivity index (χ1v) is 10.2. The molecule has 4 rings (SSSR count). The van der Waals surface area contributed by atoms with E-state index in [1.165, 1.54) is 24.2 Å². The van der Waals surface area contributed by atoms with Crippen LogP contribution < -0.4 is 14.8 Å². The zero-order chi connectivity index (χ0) is 19.3. The lowest BCUT2D eigenvalue weighted by atomic mass is 10.2. The summed E-state index contributed by atoms with van der Waals surface area (Å²) in [4.78, 5) is 16.9. The number of thiazole rings is 1. The van der Waals surface area contributed by atoms with Crippen molar-refractivity contribution in [1.29, 1.82) is 0 Å². The lowest BCUT2D eigenvalue weighted by Gasteiger charge is -2.15. The lowest BCUT2D eigenvalue weighted by molar-refractivity contribution is 0.102. The van der Waals surface area contributed by atoms with E-state index in [4.69, 9.17) is 9.47 Å². The van der Waals surface area contributed by atoms with Crippen molar-refractivity contribution in [2.75, 3.05) is 12.4 Å². The van der Waals surface area contributed by atoms with Crippen LogP contribution in [0.5, 0.6) is 11.5 Å². The Morgan fingerprint density at radius 2 is 2.14 bits per heavy atom. The van der Waals surface area contributed by atoms with Crippen molar-refractivity contribution in [3.8, 4) is 11.5 Å². The predicted molar refractivity (Wildman–Crippen MR) is 107 cm³/mol. The molecule has 7 nitrogen and oxygen atoms in total. The monoisotopic (exact) mass is 398 g/mol. The van der Waals surface area contributed by atoms with Crippen molar-refractivity contribution in [3.05, 3.63) is 52.6 Å². The molecule has 2 heterocycles. The number of benzene rings is 1. The third kappa shape index (κ3) is 4.01. The van der Waals surface area contributed by atoms with Crippen LogP contribution in [-0.2, 0) is 6.61 Å². The summed E-state index contributed by atoms with van der Waals surface area (Å²) in [5, 5.41) is 9.29. The van der Waals surface area contributed by atoms with E-state index < -0.39 is 0 Å². The molecule has 0 radical (unpaired) electrons. The first kappa shape index (κ1) is 18.5. The zero-order valence-electron chi connectivity index (χ0n) is 15.6. The minimum Gasteiger partial charge on any atom is -0.493 e. The summed E-state index contributed by atoms with van der Waals surface area (Å²) < 4.78 is 13.1. The van der Waals surface area contributed by atoms with E-state index in [1.807, 2.05) is 16.1 Å². The number of methoxy groups -OCH3 is 1. The Labute approximate surface area is 167 Å². The van der Waals surface area contributed by atoms with Gasteiger partial charge in [-0.2, -0.15) is 5.10 Å². The van der Waals surface area contributed by atoms with Gasteiger partial charge >= 0.3 is 0 Å². The highest BCUT2D eigenvalue weighted by atomic mass is 32.1. The van der Waals surface area contributed by atoms with Gasteiger partial charge in [0.25, 0.3) is 5.91 Å². The minimum absolute atomic E-state index is 0.205. The SMILES string of the molecule is COc1cc(C(=O)Nc2ccnn2C2CCCC2)ccc1OCc1cscn1. The van der Waals surface area contributed by atoms with E-state index in [0.717, 1.165) is 24.4 Å². The Hall–Kier alpha value is -2.87. The van der Waals surface area contributed by atoms with E-state index in [-0.39, 0.29) is 5.91 Å². The summed E-state index contributed by atoms with van der Waals surface area (Å²) in [5.74, 6) is 1.60. The van der Waals surface area contributed by atoms with Crippen LogP contribution >= 0.6 is 11.3 Å². The van der Waals surface area contributed by atoms with Crippen LogP contribution in [0.15, 0.2) is 41.4 Å². The van der Waals surface area contributed by atoms with Crippen molar-refractivity contribution < 1.29 is 14.3 Å². The van der Waals surface area contributed by atoms with Gasteiger partial charge in [0.05, 0.1) is 30.6 Å². The fraction of sp³-hybridized carbons (Fsp3) is 0.350. The van der Waals surface area contributed by atoms with E-state index in [1.54, 1.807) is 37.0 Å². The molecular weight excluding hydrogens is 376 g/mol. The van der Waals surface area contributed by atoms with Gasteiger partial charge in [0.2, 0.25) is 0 Å². The molecule has 1 saturated carbocycles. The molecule has 1 aromatic carbocycles. The minimum atomic E-state index is -0.205. The predicted octanol–water partition coefficient (Wildman–Crippen LogP) is 4.29. The van der Waals surface area contributed by atoms with Crippen LogP contribution in [0.3, 0.4) is 0 Å². The number of carbonyl (C=O) groups excluding carboxylic acids is 1. The van der Waals surface area contributed by atoms with Gasteiger partial charge in [-0.1, -0.05) is 12.8 Å². The first-order chi connectivity index (χ1) is 13.7. The van der Waals surface area contributed by atoms with Crippen molar-refractivity contribution in [1.82, 2.24) is 14.8 Å². The van der Waals surface area contributed by atoms with Crippen LogP contribution in [0.1, 0.15) is 47.8 Å². The number of hydrogen-bond donors (Lipinski definition) is 1. The van der Waals surface area contributed by atoms with Crippen LogP contribution in [0, 0.1) is 0 Å². The molecule has 2 aromatic heterocycles. The topological polar surface area (TPSA) is 78.3 Å². The van der Waals surface area contributed by atoms with Crippen molar-refractivity contribution >= 4 is 23.1 Å². The van der Waals surface area contributed by atoms with Gasteiger partial charge in [0, 0.05) is 17.0 Å². The fourth-order valence-electron chi connectivity index (χ4n) is 3.43. The summed E-state index contributed by atoms with van der Waals surface area (Å²) in [6, 6.07) is 7.35. The normalized spacial score (nSPS) is 14.2. The van der Waals surface area contributed by atoms with Gasteiger partial charge in [0.1, 0.15) is 12.4 Å². The molecule has 1 aliphatic carbocycles. The number of hydrogen-bond acceptors (Lipinski definition) is 6. The quantitative estimate of drug-likeness (QED) is 0.642. The van der Waals surface area contributed by atoms with Gasteiger partial charge in [-0.3, -0.25) is 4.79 Å². The Kier molecular flexibility index (Phi) is 5.57. The summed E-state index contributed by atoms with van der Waals surface area (Å²) in [7, 11) is 1.56. The number of carbonyl (C=O) groups is 1. The molecular formula is C20H22N4O3S. The highest BCUT2D eigenvalue weighted by molar-refractivity contribution is 7.07. The van der Waals surface area contributed by atoms with Crippen molar-refractivity contribution in [3.63, 3.8) is 0 Å². The third-order valence-corrected chi connectivity index (χ3v) is 5.50. The maximum absolute atomic E-state index is 12.7. The Morgan fingerprint density at radius 3 is 2.89 bits per heavy atom. The highest BCUT2D eigenvalue weighted by Gasteiger charge is 2.21. The largest absolute Gasteiger partial charge is 0.493 e. The second-order valence-electron chi connectivity index (χ2n) is 6.69. The number of ether oxygens (including phenoxy) is 2. The van der Waals surface area contributed by atoms with E-state index in [0.29, 0.717) is 29.7 Å². The van der Waals surface area contributed by atoms with E-state index in [9.17, 15) is 4.79 Å². The average Bonchev–Trinajstić information content (AvgIpc) is 3.48. The molecule has 0 atom stereocenters. The molecule has 0 spiro atoms.